The van der Waals surface area contributed by atoms with Gasteiger partial charge in [0.2, 0.25) is 5.91 Å². The molecule has 0 fully saturated rings. The molecule has 0 aromatic heterocycles. The normalized spacial score (nSPS) is 14.4. The molecule has 3 atom stereocenters. The Balaban J connectivity index is 4.13. The molecule has 3 N–H and O–H groups in total. The fraction of sp³-hybridized carbons (Fsp3) is 0.839. The Morgan fingerprint density at radius 2 is 0.892 bits per heavy atom. The first-order valence-electron chi connectivity index (χ1n) is 27.5. The van der Waals surface area contributed by atoms with Crippen LogP contribution in [0.2, 0.25) is 0 Å². The van der Waals surface area contributed by atoms with Gasteiger partial charge in [-0.3, -0.25) is 13.8 Å². The molecule has 3 unspecified atom stereocenters. The molecule has 0 bridgehead atoms. The second kappa shape index (κ2) is 47.5. The highest BCUT2D eigenvalue weighted by atomic mass is 31.2. The van der Waals surface area contributed by atoms with Crippen LogP contribution in [0.1, 0.15) is 251 Å². The molecule has 382 valence electrons. The van der Waals surface area contributed by atoms with E-state index in [1.165, 1.54) is 186 Å². The minimum Gasteiger partial charge on any atom is -0.387 e. The van der Waals surface area contributed by atoms with Crippen molar-refractivity contribution in [3.8, 4) is 0 Å². The second-order valence-electron chi connectivity index (χ2n) is 19.9. The number of aliphatic hydroxyl groups is 1. The van der Waals surface area contributed by atoms with Crippen molar-refractivity contribution in [1.29, 1.82) is 0 Å². The molecule has 8 nitrogen and oxygen atoms in total. The van der Waals surface area contributed by atoms with Crippen molar-refractivity contribution in [2.24, 2.45) is 0 Å². The van der Waals surface area contributed by atoms with Gasteiger partial charge in [-0.05, 0) is 64.2 Å². The predicted molar refractivity (Wildman–Crippen MR) is 281 cm³/mol. The number of allylic oxidation sites excluding steroid dienone is 7. The van der Waals surface area contributed by atoms with Crippen LogP contribution in [0.3, 0.4) is 0 Å². The average molecular weight is 936 g/mol. The molecule has 0 rings (SSSR count). The molecule has 0 aliphatic heterocycles. The molecule has 1 amide bonds. The number of amides is 1. The topological polar surface area (TPSA) is 105 Å². The number of unbranched alkanes of at least 4 members (excludes halogenated alkanes) is 31. The number of hydrogen-bond donors (Lipinski definition) is 3. The molecule has 65 heavy (non-hydrogen) atoms. The van der Waals surface area contributed by atoms with E-state index in [0.29, 0.717) is 17.4 Å². The van der Waals surface area contributed by atoms with Crippen molar-refractivity contribution in [3.63, 3.8) is 0 Å². The number of phosphoric ester groups is 1. The van der Waals surface area contributed by atoms with Crippen LogP contribution < -0.4 is 5.32 Å². The third kappa shape index (κ3) is 50.2. The first-order chi connectivity index (χ1) is 31.5. The van der Waals surface area contributed by atoms with Crippen LogP contribution in [-0.2, 0) is 18.4 Å². The van der Waals surface area contributed by atoms with E-state index in [2.05, 4.69) is 55.6 Å². The molecule has 0 aromatic rings. The van der Waals surface area contributed by atoms with Crippen LogP contribution in [0, 0.1) is 0 Å². The highest BCUT2D eigenvalue weighted by molar-refractivity contribution is 7.47. The zero-order valence-corrected chi connectivity index (χ0v) is 44.4. The maximum atomic E-state index is 12.9. The molecule has 9 heteroatoms. The van der Waals surface area contributed by atoms with Crippen LogP contribution in [0.4, 0.5) is 0 Å². The summed E-state index contributed by atoms with van der Waals surface area (Å²) in [6.45, 7) is 4.79. The molecule has 0 saturated carbocycles. The number of hydrogen-bond acceptors (Lipinski definition) is 5. The Bertz CT molecular complexity index is 1200. The quantitative estimate of drug-likeness (QED) is 0.0243. The van der Waals surface area contributed by atoms with E-state index in [9.17, 15) is 19.4 Å². The standard InChI is InChI=1S/C56H107N2O6P/c1-6-8-10-12-14-16-18-20-22-23-24-25-26-27-28-29-30-31-32-33-34-35-36-38-40-42-44-46-48-50-56(60)57-54(53-64-65(61,62)63-52-51-58(3,4)5)55(59)49-47-45-43-41-39-37-21-19-17-15-13-11-9-7-2/h18,20,23-24,39,41,47,49,54-55,59H,6-17,19,21-22,25-38,40,42-46,48,50-53H2,1-5H3,(H-,57,60,61,62)/p+1/b20-18-,24-23-,41-39+,49-47+. The lowest BCUT2D eigenvalue weighted by molar-refractivity contribution is -0.870. The van der Waals surface area contributed by atoms with E-state index in [0.717, 1.165) is 44.9 Å². The molecular formula is C56H108N2O6P+. The smallest absolute Gasteiger partial charge is 0.387 e. The summed E-state index contributed by atoms with van der Waals surface area (Å²) >= 11 is 0. The number of carbonyl (C=O) groups is 1. The Labute approximate surface area is 403 Å². The van der Waals surface area contributed by atoms with Crippen LogP contribution >= 0.6 is 7.82 Å². The third-order valence-corrected chi connectivity index (χ3v) is 13.3. The van der Waals surface area contributed by atoms with E-state index in [4.69, 9.17) is 9.05 Å². The fourth-order valence-corrected chi connectivity index (χ4v) is 8.65. The van der Waals surface area contributed by atoms with Gasteiger partial charge < -0.3 is 19.8 Å². The first kappa shape index (κ1) is 63.5. The Morgan fingerprint density at radius 3 is 1.32 bits per heavy atom. The minimum absolute atomic E-state index is 0.0563. The number of rotatable bonds is 50. The van der Waals surface area contributed by atoms with E-state index >= 15 is 0 Å². The predicted octanol–water partition coefficient (Wildman–Crippen LogP) is 16.4. The molecule has 0 aliphatic carbocycles. The summed E-state index contributed by atoms with van der Waals surface area (Å²) in [6, 6.07) is -0.862. The van der Waals surface area contributed by atoms with Crippen molar-refractivity contribution in [1.82, 2.24) is 5.32 Å². The van der Waals surface area contributed by atoms with E-state index in [1.807, 2.05) is 27.2 Å². The van der Waals surface area contributed by atoms with Gasteiger partial charge in [-0.2, -0.15) is 0 Å². The molecule has 0 aromatic carbocycles. The monoisotopic (exact) mass is 936 g/mol. The number of likely N-dealkylation sites (N-methyl/N-ethyl adjacent to an activating group) is 1. The molecule has 0 heterocycles. The Morgan fingerprint density at radius 1 is 0.523 bits per heavy atom. The summed E-state index contributed by atoms with van der Waals surface area (Å²) < 4.78 is 23.6. The molecule has 0 aliphatic rings. The van der Waals surface area contributed by atoms with Crippen molar-refractivity contribution in [2.45, 2.75) is 264 Å². The fourth-order valence-electron chi connectivity index (χ4n) is 7.91. The van der Waals surface area contributed by atoms with Crippen LogP contribution in [0.15, 0.2) is 48.6 Å². The van der Waals surface area contributed by atoms with Gasteiger partial charge in [0.05, 0.1) is 39.9 Å². The van der Waals surface area contributed by atoms with Gasteiger partial charge >= 0.3 is 7.82 Å². The van der Waals surface area contributed by atoms with E-state index in [1.54, 1.807) is 6.08 Å². The van der Waals surface area contributed by atoms with Crippen molar-refractivity contribution >= 4 is 13.7 Å². The summed E-state index contributed by atoms with van der Waals surface area (Å²) in [5.41, 5.74) is 0. The average Bonchev–Trinajstić information content (AvgIpc) is 3.26. The summed E-state index contributed by atoms with van der Waals surface area (Å²) in [5.74, 6) is -0.186. The maximum absolute atomic E-state index is 12.9. The van der Waals surface area contributed by atoms with E-state index in [-0.39, 0.29) is 19.1 Å². The van der Waals surface area contributed by atoms with Gasteiger partial charge in [0, 0.05) is 6.42 Å². The summed E-state index contributed by atoms with van der Waals surface area (Å²) in [4.78, 5) is 23.2. The lowest BCUT2D eigenvalue weighted by atomic mass is 10.0. The number of aliphatic hydroxyl groups excluding tert-OH is 1. The lowest BCUT2D eigenvalue weighted by Gasteiger charge is -2.25. The van der Waals surface area contributed by atoms with Gasteiger partial charge in [-0.15, -0.1) is 0 Å². The van der Waals surface area contributed by atoms with Crippen LogP contribution in [0.5, 0.6) is 0 Å². The first-order valence-corrected chi connectivity index (χ1v) is 29.0. The zero-order chi connectivity index (χ0) is 47.8. The SMILES string of the molecule is CCCCCCC/C=C\C/C=C\CCCCCCCCCCCCCCCCCCCC(=O)NC(COP(=O)(O)OCC[N+](C)(C)C)C(O)/C=C/CC/C=C/CCCCCCCCCC. The van der Waals surface area contributed by atoms with Crippen LogP contribution in [0.25, 0.3) is 0 Å². The van der Waals surface area contributed by atoms with Gasteiger partial charge in [-0.1, -0.05) is 229 Å². The van der Waals surface area contributed by atoms with Crippen LogP contribution in [-0.4, -0.2) is 73.4 Å². The van der Waals surface area contributed by atoms with Gasteiger partial charge in [-0.25, -0.2) is 4.57 Å². The van der Waals surface area contributed by atoms with Gasteiger partial charge in [0.15, 0.2) is 0 Å². The third-order valence-electron chi connectivity index (χ3n) is 12.3. The highest BCUT2D eigenvalue weighted by Gasteiger charge is 2.27. The van der Waals surface area contributed by atoms with Gasteiger partial charge in [0.25, 0.3) is 0 Å². The number of carbonyl (C=O) groups excluding carboxylic acids is 1. The number of nitrogens with zero attached hydrogens (tertiary/aromatic N) is 1. The Kier molecular flexibility index (Phi) is 46.4. The molecule has 0 saturated heterocycles. The Hall–Kier alpha value is -1.54. The van der Waals surface area contributed by atoms with Crippen molar-refractivity contribution in [3.05, 3.63) is 48.6 Å². The summed E-state index contributed by atoms with van der Waals surface area (Å²) in [7, 11) is 1.56. The number of nitrogens with one attached hydrogen (secondary N) is 1. The number of phosphoric acid groups is 1. The van der Waals surface area contributed by atoms with E-state index < -0.39 is 20.0 Å². The highest BCUT2D eigenvalue weighted by Crippen LogP contribution is 2.43. The zero-order valence-electron chi connectivity index (χ0n) is 43.5. The lowest BCUT2D eigenvalue weighted by Crippen LogP contribution is -2.45. The molecule has 0 radical (unpaired) electrons. The number of quaternary nitrogens is 1. The second-order valence-corrected chi connectivity index (χ2v) is 21.4. The van der Waals surface area contributed by atoms with Gasteiger partial charge in [0.1, 0.15) is 13.2 Å². The minimum atomic E-state index is -4.35. The summed E-state index contributed by atoms with van der Waals surface area (Å²) in [6.07, 6.45) is 62.1. The maximum Gasteiger partial charge on any atom is 0.472 e. The van der Waals surface area contributed by atoms with Crippen molar-refractivity contribution in [2.75, 3.05) is 40.9 Å². The summed E-state index contributed by atoms with van der Waals surface area (Å²) in [5, 5.41) is 13.9. The largest absolute Gasteiger partial charge is 0.472 e. The molecule has 0 spiro atoms. The molecular weight excluding hydrogens is 828 g/mol. The van der Waals surface area contributed by atoms with Crippen molar-refractivity contribution < 1.29 is 32.9 Å².